The average molecular weight is 348 g/mol. The summed E-state index contributed by atoms with van der Waals surface area (Å²) in [6, 6.07) is 1.21. The third-order valence-corrected chi connectivity index (χ3v) is 8.78. The van der Waals surface area contributed by atoms with E-state index >= 15 is 0 Å². The van der Waals surface area contributed by atoms with Crippen molar-refractivity contribution in [2.24, 2.45) is 0 Å². The van der Waals surface area contributed by atoms with Crippen LogP contribution < -0.4 is 0 Å². The SMILES string of the molecule is CCOC(=O)CCCN(CCC[Si](C)(C)OCC)[Si](C)(C)C. The third-order valence-electron chi connectivity index (χ3n) is 3.80. The number of rotatable bonds is 12. The van der Waals surface area contributed by atoms with Crippen LogP contribution in [0.25, 0.3) is 0 Å². The van der Waals surface area contributed by atoms with Gasteiger partial charge in [-0.05, 0) is 58.9 Å². The van der Waals surface area contributed by atoms with Gasteiger partial charge in [-0.1, -0.05) is 19.6 Å². The van der Waals surface area contributed by atoms with E-state index in [0.717, 1.165) is 26.1 Å². The van der Waals surface area contributed by atoms with Gasteiger partial charge in [0.1, 0.15) is 8.24 Å². The fraction of sp³-hybridized carbons (Fsp3) is 0.938. The van der Waals surface area contributed by atoms with Gasteiger partial charge in [-0.2, -0.15) is 0 Å². The summed E-state index contributed by atoms with van der Waals surface area (Å²) in [5.41, 5.74) is 0. The van der Waals surface area contributed by atoms with Crippen molar-refractivity contribution < 1.29 is 14.0 Å². The molecule has 0 aliphatic heterocycles. The molecular weight excluding hydrogens is 310 g/mol. The summed E-state index contributed by atoms with van der Waals surface area (Å²) >= 11 is 0. The zero-order chi connectivity index (χ0) is 17.2. The summed E-state index contributed by atoms with van der Waals surface area (Å²) in [6.45, 7) is 19.1. The molecule has 0 aliphatic carbocycles. The van der Waals surface area contributed by atoms with Crippen LogP contribution in [0, 0.1) is 0 Å². The van der Waals surface area contributed by atoms with Gasteiger partial charge in [0.2, 0.25) is 0 Å². The number of esters is 1. The van der Waals surface area contributed by atoms with Gasteiger partial charge in [-0.25, -0.2) is 0 Å². The second-order valence-electron chi connectivity index (χ2n) is 7.36. The first-order valence-corrected chi connectivity index (χ1v) is 15.2. The van der Waals surface area contributed by atoms with Crippen molar-refractivity contribution in [2.45, 2.75) is 71.9 Å². The van der Waals surface area contributed by atoms with Crippen molar-refractivity contribution >= 4 is 22.5 Å². The highest BCUT2D eigenvalue weighted by molar-refractivity contribution is 6.73. The van der Waals surface area contributed by atoms with E-state index in [1.54, 1.807) is 0 Å². The van der Waals surface area contributed by atoms with E-state index < -0.39 is 16.6 Å². The van der Waals surface area contributed by atoms with Crippen molar-refractivity contribution in [1.82, 2.24) is 4.57 Å². The summed E-state index contributed by atoms with van der Waals surface area (Å²) in [4.78, 5) is 11.5. The maximum atomic E-state index is 11.5. The molecule has 0 unspecified atom stereocenters. The molecule has 0 spiro atoms. The Bertz CT molecular complexity index is 317. The van der Waals surface area contributed by atoms with Gasteiger partial charge in [0.25, 0.3) is 0 Å². The van der Waals surface area contributed by atoms with Crippen LogP contribution in [-0.4, -0.2) is 53.4 Å². The van der Waals surface area contributed by atoms with Crippen molar-refractivity contribution in [3.8, 4) is 0 Å². The van der Waals surface area contributed by atoms with E-state index in [1.807, 2.05) is 6.92 Å². The molecule has 0 N–H and O–H groups in total. The van der Waals surface area contributed by atoms with Crippen LogP contribution in [-0.2, 0) is 14.0 Å². The van der Waals surface area contributed by atoms with Gasteiger partial charge in [-0.3, -0.25) is 4.79 Å². The van der Waals surface area contributed by atoms with Gasteiger partial charge in [0, 0.05) is 13.0 Å². The van der Waals surface area contributed by atoms with Crippen LogP contribution in [0.4, 0.5) is 0 Å². The maximum absolute atomic E-state index is 11.5. The predicted molar refractivity (Wildman–Crippen MR) is 99.3 cm³/mol. The molecule has 0 fully saturated rings. The summed E-state index contributed by atoms with van der Waals surface area (Å²) in [6.07, 6.45) is 2.63. The number of hydrogen-bond acceptors (Lipinski definition) is 4. The highest BCUT2D eigenvalue weighted by Gasteiger charge is 2.26. The molecule has 0 radical (unpaired) electrons. The van der Waals surface area contributed by atoms with Crippen LogP contribution >= 0.6 is 0 Å². The molecule has 0 amide bonds. The molecule has 0 saturated heterocycles. The quantitative estimate of drug-likeness (QED) is 0.393. The Labute approximate surface area is 139 Å². The van der Waals surface area contributed by atoms with Crippen LogP contribution in [0.2, 0.25) is 38.8 Å². The maximum Gasteiger partial charge on any atom is 0.305 e. The first kappa shape index (κ1) is 21.8. The highest BCUT2D eigenvalue weighted by atomic mass is 28.4. The Balaban J connectivity index is 4.23. The van der Waals surface area contributed by atoms with Crippen LogP contribution in [0.1, 0.15) is 33.1 Å². The summed E-state index contributed by atoms with van der Waals surface area (Å²) in [7, 11) is -2.81. The highest BCUT2D eigenvalue weighted by Crippen LogP contribution is 2.17. The number of carbonyl (C=O) groups excluding carboxylic acids is 1. The van der Waals surface area contributed by atoms with Gasteiger partial charge in [0.05, 0.1) is 6.61 Å². The number of nitrogens with zero attached hydrogens (tertiary/aromatic N) is 1. The van der Waals surface area contributed by atoms with Gasteiger partial charge < -0.3 is 13.7 Å². The number of ether oxygens (including phenoxy) is 1. The van der Waals surface area contributed by atoms with E-state index in [1.165, 1.54) is 12.5 Å². The molecule has 0 saturated carbocycles. The topological polar surface area (TPSA) is 38.8 Å². The molecular formula is C16H37NO3Si2. The molecule has 0 aromatic carbocycles. The van der Waals surface area contributed by atoms with E-state index in [4.69, 9.17) is 9.16 Å². The minimum Gasteiger partial charge on any atom is -0.466 e. The first-order chi connectivity index (χ1) is 10.1. The lowest BCUT2D eigenvalue weighted by Gasteiger charge is -2.35. The molecule has 4 nitrogen and oxygen atoms in total. The normalized spacial score (nSPS) is 12.7. The lowest BCUT2D eigenvalue weighted by atomic mass is 10.3. The Morgan fingerprint density at radius 1 is 0.955 bits per heavy atom. The Hall–Kier alpha value is -0.176. The standard InChI is InChI=1S/C16H37NO3Si2/c1-8-19-16(18)12-10-13-17(21(3,4)5)14-11-15-22(6,7)20-9-2/h8-15H2,1-7H3. The molecule has 0 bridgehead atoms. The van der Waals surface area contributed by atoms with E-state index in [0.29, 0.717) is 13.0 Å². The number of carbonyl (C=O) groups is 1. The minimum absolute atomic E-state index is 0.0667. The van der Waals surface area contributed by atoms with Crippen molar-refractivity contribution in [3.63, 3.8) is 0 Å². The van der Waals surface area contributed by atoms with Crippen LogP contribution in [0.15, 0.2) is 0 Å². The molecule has 0 heterocycles. The van der Waals surface area contributed by atoms with Crippen molar-refractivity contribution in [3.05, 3.63) is 0 Å². The lowest BCUT2D eigenvalue weighted by molar-refractivity contribution is -0.143. The monoisotopic (exact) mass is 347 g/mol. The Kier molecular flexibility index (Phi) is 10.5. The molecule has 22 heavy (non-hydrogen) atoms. The van der Waals surface area contributed by atoms with Crippen molar-refractivity contribution in [1.29, 1.82) is 0 Å². The van der Waals surface area contributed by atoms with Crippen molar-refractivity contribution in [2.75, 3.05) is 26.3 Å². The average Bonchev–Trinajstić information content (AvgIpc) is 2.35. The number of hydrogen-bond donors (Lipinski definition) is 0. The Morgan fingerprint density at radius 3 is 2.05 bits per heavy atom. The molecule has 0 atom stereocenters. The predicted octanol–water partition coefficient (Wildman–Crippen LogP) is 4.10. The fourth-order valence-corrected chi connectivity index (χ4v) is 6.18. The van der Waals surface area contributed by atoms with Gasteiger partial charge in [-0.15, -0.1) is 0 Å². The van der Waals surface area contributed by atoms with Gasteiger partial charge in [0.15, 0.2) is 8.32 Å². The third kappa shape index (κ3) is 10.5. The zero-order valence-corrected chi connectivity index (χ0v) is 17.8. The molecule has 0 rings (SSSR count). The fourth-order valence-electron chi connectivity index (χ4n) is 2.59. The summed E-state index contributed by atoms with van der Waals surface area (Å²) < 4.78 is 13.5. The molecule has 132 valence electrons. The first-order valence-electron chi connectivity index (χ1n) is 8.67. The van der Waals surface area contributed by atoms with Gasteiger partial charge >= 0.3 is 5.97 Å². The lowest BCUT2D eigenvalue weighted by Crippen LogP contribution is -2.47. The Morgan fingerprint density at radius 2 is 1.55 bits per heavy atom. The van der Waals surface area contributed by atoms with Crippen LogP contribution in [0.5, 0.6) is 0 Å². The summed E-state index contributed by atoms with van der Waals surface area (Å²) in [5.74, 6) is -0.0667. The second-order valence-corrected chi connectivity index (χ2v) is 16.6. The zero-order valence-electron chi connectivity index (χ0n) is 15.8. The summed E-state index contributed by atoms with van der Waals surface area (Å²) in [5, 5.41) is 0. The largest absolute Gasteiger partial charge is 0.466 e. The second kappa shape index (κ2) is 10.6. The molecule has 0 aliphatic rings. The molecule has 0 aromatic heterocycles. The molecule has 0 aromatic rings. The molecule has 6 heteroatoms. The van der Waals surface area contributed by atoms with E-state index in [2.05, 4.69) is 44.2 Å². The smallest absolute Gasteiger partial charge is 0.305 e. The van der Waals surface area contributed by atoms with E-state index in [9.17, 15) is 4.79 Å². The minimum atomic E-state index is -1.47. The van der Waals surface area contributed by atoms with Crippen LogP contribution in [0.3, 0.4) is 0 Å². The van der Waals surface area contributed by atoms with E-state index in [-0.39, 0.29) is 5.97 Å².